The van der Waals surface area contributed by atoms with Gasteiger partial charge in [0.15, 0.2) is 5.96 Å². The molecular formula is C22H33N7O6. The number of amides is 3. The van der Waals surface area contributed by atoms with Crippen LogP contribution in [-0.2, 0) is 25.6 Å². The molecule has 1 fully saturated rings. The number of phenols is 1. The van der Waals surface area contributed by atoms with Gasteiger partial charge in [-0.1, -0.05) is 12.1 Å². The lowest BCUT2D eigenvalue weighted by Crippen LogP contribution is -2.56. The van der Waals surface area contributed by atoms with Crippen LogP contribution in [-0.4, -0.2) is 82.5 Å². The number of guanidine groups is 1. The summed E-state index contributed by atoms with van der Waals surface area (Å²) in [6, 6.07) is 3.40. The average Bonchev–Trinajstić information content (AvgIpc) is 3.30. The Hall–Kier alpha value is -3.87. The molecule has 192 valence electrons. The maximum absolute atomic E-state index is 13.4. The minimum absolute atomic E-state index is 0.0539. The molecule has 0 radical (unpaired) electrons. The Morgan fingerprint density at radius 1 is 1.17 bits per heavy atom. The zero-order valence-corrected chi connectivity index (χ0v) is 19.4. The number of carbonyl (C=O) groups excluding carboxylic acids is 3. The van der Waals surface area contributed by atoms with E-state index in [1.165, 1.54) is 17.0 Å². The summed E-state index contributed by atoms with van der Waals surface area (Å²) in [6.45, 7) is 0.0380. The normalized spacial score (nSPS) is 16.7. The van der Waals surface area contributed by atoms with Gasteiger partial charge in [-0.05, 0) is 43.4 Å². The largest absolute Gasteiger partial charge is 0.508 e. The van der Waals surface area contributed by atoms with Gasteiger partial charge < -0.3 is 42.9 Å². The van der Waals surface area contributed by atoms with Crippen molar-refractivity contribution in [2.24, 2.45) is 22.2 Å². The molecule has 0 aromatic heterocycles. The molecule has 1 aliphatic heterocycles. The van der Waals surface area contributed by atoms with Crippen LogP contribution in [0, 0.1) is 0 Å². The average molecular weight is 492 g/mol. The number of benzene rings is 1. The van der Waals surface area contributed by atoms with Crippen LogP contribution in [0.2, 0.25) is 0 Å². The molecule has 1 saturated heterocycles. The van der Waals surface area contributed by atoms with E-state index < -0.39 is 48.4 Å². The molecule has 0 saturated carbocycles. The quantitative estimate of drug-likeness (QED) is 0.0972. The van der Waals surface area contributed by atoms with E-state index in [0.717, 1.165) is 0 Å². The van der Waals surface area contributed by atoms with Crippen molar-refractivity contribution in [1.29, 1.82) is 0 Å². The zero-order chi connectivity index (χ0) is 26.0. The molecule has 1 aromatic rings. The summed E-state index contributed by atoms with van der Waals surface area (Å²) in [7, 11) is 0. The molecule has 1 aromatic carbocycles. The third kappa shape index (κ3) is 8.77. The Balaban J connectivity index is 2.13. The van der Waals surface area contributed by atoms with Crippen molar-refractivity contribution in [3.05, 3.63) is 29.8 Å². The second-order valence-corrected chi connectivity index (χ2v) is 8.29. The van der Waals surface area contributed by atoms with E-state index in [2.05, 4.69) is 15.6 Å². The second-order valence-electron chi connectivity index (χ2n) is 8.29. The van der Waals surface area contributed by atoms with E-state index in [9.17, 15) is 24.3 Å². The number of aliphatic imine (C=N–C) groups is 1. The number of carboxylic acid groups (broad SMARTS) is 1. The third-order valence-corrected chi connectivity index (χ3v) is 5.55. The van der Waals surface area contributed by atoms with Crippen molar-refractivity contribution in [2.45, 2.75) is 50.2 Å². The number of aliphatic carboxylic acids is 1. The Morgan fingerprint density at radius 3 is 2.49 bits per heavy atom. The van der Waals surface area contributed by atoms with Crippen molar-refractivity contribution < 1.29 is 29.4 Å². The van der Waals surface area contributed by atoms with E-state index in [1.54, 1.807) is 12.1 Å². The third-order valence-electron chi connectivity index (χ3n) is 5.55. The van der Waals surface area contributed by atoms with Crippen molar-refractivity contribution in [2.75, 3.05) is 19.6 Å². The number of likely N-dealkylation sites (tertiary alicyclic amines) is 1. The number of nitrogens with zero attached hydrogens (tertiary/aromatic N) is 2. The SMILES string of the molecule is NC(N)=NCCCC(N)C(=O)NC(Cc1ccc(O)cc1)C(=O)N1CCCC1C(=O)NCC(=O)O. The van der Waals surface area contributed by atoms with E-state index in [0.29, 0.717) is 31.4 Å². The molecule has 35 heavy (non-hydrogen) atoms. The smallest absolute Gasteiger partial charge is 0.322 e. The Morgan fingerprint density at radius 2 is 1.86 bits per heavy atom. The number of hydrogen-bond acceptors (Lipinski definition) is 7. The highest BCUT2D eigenvalue weighted by atomic mass is 16.4. The maximum atomic E-state index is 13.4. The summed E-state index contributed by atoms with van der Waals surface area (Å²) < 4.78 is 0. The first-order valence-electron chi connectivity index (χ1n) is 11.3. The molecular weight excluding hydrogens is 458 g/mol. The molecule has 0 aliphatic carbocycles. The minimum atomic E-state index is -1.19. The summed E-state index contributed by atoms with van der Waals surface area (Å²) >= 11 is 0. The summed E-state index contributed by atoms with van der Waals surface area (Å²) in [5.41, 5.74) is 17.2. The van der Waals surface area contributed by atoms with Crippen molar-refractivity contribution in [3.8, 4) is 5.75 Å². The molecule has 3 amide bonds. The fourth-order valence-corrected chi connectivity index (χ4v) is 3.78. The fraction of sp³-hybridized carbons (Fsp3) is 0.500. The summed E-state index contributed by atoms with van der Waals surface area (Å²) in [5, 5.41) is 23.3. The first kappa shape index (κ1) is 27.4. The Kier molecular flexibility index (Phi) is 10.3. The van der Waals surface area contributed by atoms with Gasteiger partial charge in [0.25, 0.3) is 0 Å². The van der Waals surface area contributed by atoms with Crippen LogP contribution in [0.1, 0.15) is 31.2 Å². The summed E-state index contributed by atoms with van der Waals surface area (Å²) in [6.07, 6.45) is 1.78. The number of rotatable bonds is 12. The van der Waals surface area contributed by atoms with E-state index >= 15 is 0 Å². The first-order valence-corrected chi connectivity index (χ1v) is 11.3. The molecule has 0 spiro atoms. The number of aromatic hydroxyl groups is 1. The highest BCUT2D eigenvalue weighted by molar-refractivity contribution is 5.94. The van der Waals surface area contributed by atoms with Gasteiger partial charge in [0.1, 0.15) is 24.4 Å². The molecule has 1 heterocycles. The van der Waals surface area contributed by atoms with Crippen molar-refractivity contribution in [3.63, 3.8) is 0 Å². The summed E-state index contributed by atoms with van der Waals surface area (Å²) in [5.74, 6) is -2.79. The van der Waals surface area contributed by atoms with Gasteiger partial charge in [0, 0.05) is 19.5 Å². The first-order chi connectivity index (χ1) is 16.6. The van der Waals surface area contributed by atoms with Gasteiger partial charge in [0.05, 0.1) is 6.04 Å². The minimum Gasteiger partial charge on any atom is -0.508 e. The van der Waals surface area contributed by atoms with Crippen LogP contribution in [0.5, 0.6) is 5.75 Å². The summed E-state index contributed by atoms with van der Waals surface area (Å²) in [4.78, 5) is 54.7. The fourth-order valence-electron chi connectivity index (χ4n) is 3.78. The van der Waals surface area contributed by atoms with Crippen LogP contribution in [0.25, 0.3) is 0 Å². The van der Waals surface area contributed by atoms with Crippen molar-refractivity contribution >= 4 is 29.7 Å². The molecule has 3 atom stereocenters. The van der Waals surface area contributed by atoms with Gasteiger partial charge >= 0.3 is 5.97 Å². The topological polar surface area (TPSA) is 226 Å². The molecule has 0 bridgehead atoms. The number of carbonyl (C=O) groups is 4. The molecule has 3 unspecified atom stereocenters. The lowest BCUT2D eigenvalue weighted by Gasteiger charge is -2.29. The number of carboxylic acids is 1. The van der Waals surface area contributed by atoms with E-state index in [-0.39, 0.29) is 31.1 Å². The van der Waals surface area contributed by atoms with E-state index in [4.69, 9.17) is 22.3 Å². The molecule has 2 rings (SSSR count). The van der Waals surface area contributed by atoms with Gasteiger partial charge in [-0.25, -0.2) is 0 Å². The number of nitrogens with two attached hydrogens (primary N) is 3. The standard InChI is InChI=1S/C22H33N7O6/c23-15(3-1-9-26-22(24)25)19(33)28-16(11-13-5-7-14(30)8-6-13)21(35)29-10-2-4-17(29)20(34)27-12-18(31)32/h5-8,15-17,30H,1-4,9-12,23H2,(H,27,34)(H,28,33)(H,31,32)(H4,24,25,26). The van der Waals surface area contributed by atoms with E-state index in [1.807, 2.05) is 0 Å². The lowest BCUT2D eigenvalue weighted by atomic mass is 10.0. The monoisotopic (exact) mass is 491 g/mol. The Labute approximate surface area is 202 Å². The highest BCUT2D eigenvalue weighted by Crippen LogP contribution is 2.20. The molecule has 13 heteroatoms. The molecule has 1 aliphatic rings. The Bertz CT molecular complexity index is 933. The predicted octanol–water partition coefficient (Wildman–Crippen LogP) is -2.01. The maximum Gasteiger partial charge on any atom is 0.322 e. The van der Waals surface area contributed by atoms with Gasteiger partial charge in [0.2, 0.25) is 17.7 Å². The second kappa shape index (κ2) is 13.1. The number of nitrogens with one attached hydrogen (secondary N) is 2. The van der Waals surface area contributed by atoms with Gasteiger partial charge in [-0.3, -0.25) is 24.2 Å². The lowest BCUT2D eigenvalue weighted by molar-refractivity contribution is -0.142. The van der Waals surface area contributed by atoms with Crippen LogP contribution < -0.4 is 27.8 Å². The number of hydrogen-bond donors (Lipinski definition) is 7. The number of phenolic OH excluding ortho intramolecular Hbond substituents is 1. The van der Waals surface area contributed by atoms with Gasteiger partial charge in [-0.15, -0.1) is 0 Å². The van der Waals surface area contributed by atoms with Crippen LogP contribution >= 0.6 is 0 Å². The van der Waals surface area contributed by atoms with Crippen LogP contribution in [0.3, 0.4) is 0 Å². The zero-order valence-electron chi connectivity index (χ0n) is 19.4. The van der Waals surface area contributed by atoms with Crippen molar-refractivity contribution in [1.82, 2.24) is 15.5 Å². The predicted molar refractivity (Wildman–Crippen MR) is 127 cm³/mol. The molecule has 13 nitrogen and oxygen atoms in total. The van der Waals surface area contributed by atoms with Crippen LogP contribution in [0.15, 0.2) is 29.3 Å². The highest BCUT2D eigenvalue weighted by Gasteiger charge is 2.38. The molecule has 10 N–H and O–H groups in total. The van der Waals surface area contributed by atoms with Gasteiger partial charge in [-0.2, -0.15) is 0 Å². The van der Waals surface area contributed by atoms with Crippen LogP contribution in [0.4, 0.5) is 0 Å².